The van der Waals surface area contributed by atoms with Gasteiger partial charge in [0.2, 0.25) is 0 Å². The Hall–Kier alpha value is -2.77. The van der Waals surface area contributed by atoms with Crippen molar-refractivity contribution in [3.8, 4) is 5.75 Å². The molecule has 0 aliphatic rings. The standard InChI is InChI=1S/C18H25N5O6S2/c1-5-12(14-9-8-11(4)28-14)19-16-17(23(25)29-21-16)20-13-10-30-18(15(13)24)31(26,27)22(6-2)7-3/h8-10,12,20H,5-7H2,1-4H3,(H2-,19,21,24,25)/p+1/t12-/m1/s1. The highest BCUT2D eigenvalue weighted by molar-refractivity contribution is 7.91. The van der Waals surface area contributed by atoms with Gasteiger partial charge >= 0.3 is 5.82 Å². The van der Waals surface area contributed by atoms with Crippen LogP contribution in [-0.4, -0.2) is 36.1 Å². The van der Waals surface area contributed by atoms with Crippen LogP contribution in [0.15, 0.2) is 30.8 Å². The third kappa shape index (κ3) is 4.48. The predicted molar refractivity (Wildman–Crippen MR) is 116 cm³/mol. The van der Waals surface area contributed by atoms with Gasteiger partial charge in [-0.15, -0.1) is 16.0 Å². The topological polar surface area (TPSA) is 147 Å². The van der Waals surface area contributed by atoms with E-state index in [2.05, 4.69) is 15.8 Å². The van der Waals surface area contributed by atoms with Crippen LogP contribution in [-0.2, 0) is 10.0 Å². The minimum absolute atomic E-state index is 0.0679. The Morgan fingerprint density at radius 1 is 1.29 bits per heavy atom. The van der Waals surface area contributed by atoms with E-state index in [1.54, 1.807) is 13.8 Å². The van der Waals surface area contributed by atoms with Crippen LogP contribution in [0.25, 0.3) is 0 Å². The third-order valence-corrected chi connectivity index (χ3v) is 8.29. The van der Waals surface area contributed by atoms with E-state index >= 15 is 0 Å². The smallest absolute Gasteiger partial charge is 0.371 e. The lowest BCUT2D eigenvalue weighted by Gasteiger charge is -2.17. The van der Waals surface area contributed by atoms with Crippen molar-refractivity contribution >= 4 is 38.7 Å². The highest BCUT2D eigenvalue weighted by Gasteiger charge is 2.31. The molecule has 13 heteroatoms. The van der Waals surface area contributed by atoms with Crippen LogP contribution >= 0.6 is 11.3 Å². The van der Waals surface area contributed by atoms with Gasteiger partial charge in [-0.3, -0.25) is 5.32 Å². The molecule has 3 rings (SSSR count). The molecule has 0 aliphatic heterocycles. The summed E-state index contributed by atoms with van der Waals surface area (Å²) >= 11 is 0.864. The number of aryl methyl sites for hydroxylation is 1. The number of hydrogen-bond donors (Lipinski definition) is 4. The first-order chi connectivity index (χ1) is 14.7. The first-order valence-corrected chi connectivity index (χ1v) is 12.1. The van der Waals surface area contributed by atoms with Crippen molar-refractivity contribution in [1.82, 2.24) is 9.46 Å². The van der Waals surface area contributed by atoms with Crippen LogP contribution in [0.5, 0.6) is 5.75 Å². The van der Waals surface area contributed by atoms with Gasteiger partial charge in [0.05, 0.1) is 6.04 Å². The van der Waals surface area contributed by atoms with Crippen LogP contribution in [0.3, 0.4) is 0 Å². The zero-order valence-electron chi connectivity index (χ0n) is 17.6. The summed E-state index contributed by atoms with van der Waals surface area (Å²) in [5.74, 6) is 1.13. The first-order valence-electron chi connectivity index (χ1n) is 9.77. The normalized spacial score (nSPS) is 12.9. The van der Waals surface area contributed by atoms with Crippen molar-refractivity contribution in [3.05, 3.63) is 33.9 Å². The average Bonchev–Trinajstić information content (AvgIpc) is 3.42. The molecule has 0 amide bonds. The third-order valence-electron chi connectivity index (χ3n) is 4.75. The van der Waals surface area contributed by atoms with Crippen molar-refractivity contribution in [2.24, 2.45) is 0 Å². The van der Waals surface area contributed by atoms with E-state index in [1.165, 1.54) is 9.69 Å². The largest absolute Gasteiger partial charge is 0.503 e. The van der Waals surface area contributed by atoms with Gasteiger partial charge in [-0.2, -0.15) is 4.31 Å². The molecule has 170 valence electrons. The van der Waals surface area contributed by atoms with Crippen molar-refractivity contribution in [2.45, 2.75) is 44.4 Å². The molecular weight excluding hydrogens is 446 g/mol. The average molecular weight is 473 g/mol. The Labute approximate surface area is 183 Å². The van der Waals surface area contributed by atoms with Gasteiger partial charge in [-0.05, 0) is 30.4 Å². The second-order valence-corrected chi connectivity index (χ2v) is 9.74. The predicted octanol–water partition coefficient (Wildman–Crippen LogP) is 3.53. The van der Waals surface area contributed by atoms with E-state index in [9.17, 15) is 18.4 Å². The lowest BCUT2D eigenvalue weighted by molar-refractivity contribution is -0.701. The maximum Gasteiger partial charge on any atom is 0.371 e. The molecule has 0 bridgehead atoms. The molecule has 3 aromatic rings. The lowest BCUT2D eigenvalue weighted by Crippen LogP contribution is -2.30. The molecule has 31 heavy (non-hydrogen) atoms. The number of sulfonamides is 1. The van der Waals surface area contributed by atoms with Gasteiger partial charge in [-0.25, -0.2) is 8.42 Å². The summed E-state index contributed by atoms with van der Waals surface area (Å²) in [7, 11) is -3.85. The van der Waals surface area contributed by atoms with Gasteiger partial charge in [-0.1, -0.05) is 25.9 Å². The molecule has 3 aromatic heterocycles. The molecule has 0 saturated heterocycles. The summed E-state index contributed by atoms with van der Waals surface area (Å²) in [6.07, 6.45) is 0.653. The second-order valence-electron chi connectivity index (χ2n) is 6.73. The van der Waals surface area contributed by atoms with Crippen LogP contribution in [0, 0.1) is 11.8 Å². The number of aromatic amines is 1. The van der Waals surface area contributed by atoms with Gasteiger partial charge in [0.25, 0.3) is 15.8 Å². The van der Waals surface area contributed by atoms with Gasteiger partial charge in [0, 0.05) is 18.5 Å². The molecule has 0 radical (unpaired) electrons. The van der Waals surface area contributed by atoms with E-state index < -0.39 is 15.8 Å². The number of furan rings is 1. The zero-order valence-corrected chi connectivity index (χ0v) is 19.3. The van der Waals surface area contributed by atoms with Gasteiger partial charge < -0.3 is 14.8 Å². The number of thiophene rings is 1. The minimum Gasteiger partial charge on any atom is -0.503 e. The second kappa shape index (κ2) is 9.16. The Morgan fingerprint density at radius 2 is 2.00 bits per heavy atom. The van der Waals surface area contributed by atoms with Crippen molar-refractivity contribution in [1.29, 1.82) is 0 Å². The summed E-state index contributed by atoms with van der Waals surface area (Å²) < 4.78 is 37.2. The number of hydrogen-bond acceptors (Lipinski definition) is 9. The SMILES string of the molecule is CC[C@@H](Nc1[nH]o[n+](=O)c1Nc1csc(S(=O)(=O)N(CC)CC)c1O)c1ccc(C)o1. The summed E-state index contributed by atoms with van der Waals surface area (Å²) in [6, 6.07) is 3.43. The number of aromatic nitrogens is 2. The monoisotopic (exact) mass is 472 g/mol. The van der Waals surface area contributed by atoms with E-state index in [0.717, 1.165) is 17.1 Å². The fraction of sp³-hybridized carbons (Fsp3) is 0.444. The van der Waals surface area contributed by atoms with E-state index in [4.69, 9.17) is 9.05 Å². The Morgan fingerprint density at radius 3 is 2.58 bits per heavy atom. The molecule has 0 fully saturated rings. The van der Waals surface area contributed by atoms with E-state index in [1.807, 2.05) is 26.0 Å². The summed E-state index contributed by atoms with van der Waals surface area (Å²) in [5.41, 5.74) is 0.0695. The Bertz CT molecular complexity index is 1190. The molecule has 11 nitrogen and oxygen atoms in total. The quantitative estimate of drug-likeness (QED) is 0.350. The summed E-state index contributed by atoms with van der Waals surface area (Å²) in [5, 5.41) is 20.3. The highest BCUT2D eigenvalue weighted by atomic mass is 32.2. The number of nitrogens with one attached hydrogen (secondary N) is 3. The van der Waals surface area contributed by atoms with Crippen LogP contribution < -0.4 is 15.2 Å². The number of H-pyrrole nitrogens is 1. The molecule has 0 unspecified atom stereocenters. The number of nitrogens with zero attached hydrogens (tertiary/aromatic N) is 2. The van der Waals surface area contributed by atoms with Crippen LogP contribution in [0.1, 0.15) is 44.8 Å². The molecule has 0 aromatic carbocycles. The molecule has 0 saturated carbocycles. The van der Waals surface area contributed by atoms with Crippen LogP contribution in [0.4, 0.5) is 17.3 Å². The van der Waals surface area contributed by atoms with Crippen LogP contribution in [0.2, 0.25) is 0 Å². The van der Waals surface area contributed by atoms with E-state index in [-0.39, 0.29) is 45.3 Å². The molecular formula is C18H26N5O6S2+. The van der Waals surface area contributed by atoms with Crippen molar-refractivity contribution < 1.29 is 27.2 Å². The Kier molecular flexibility index (Phi) is 6.77. The van der Waals surface area contributed by atoms with Crippen molar-refractivity contribution in [2.75, 3.05) is 23.7 Å². The maximum atomic E-state index is 12.7. The number of anilines is 3. The minimum atomic E-state index is -3.85. The number of rotatable bonds is 10. The molecule has 1 atom stereocenters. The number of aromatic hydroxyl groups is 1. The molecule has 0 spiro atoms. The Balaban J connectivity index is 1.89. The molecule has 3 heterocycles. The maximum absolute atomic E-state index is 12.7. The fourth-order valence-corrected chi connectivity index (χ4v) is 5.91. The van der Waals surface area contributed by atoms with Crippen molar-refractivity contribution in [3.63, 3.8) is 0 Å². The zero-order chi connectivity index (χ0) is 22.8. The van der Waals surface area contributed by atoms with Gasteiger partial charge in [0.15, 0.2) is 20.2 Å². The van der Waals surface area contributed by atoms with E-state index in [0.29, 0.717) is 12.2 Å². The summed E-state index contributed by atoms with van der Waals surface area (Å²) in [4.78, 5) is 12.2. The first kappa shape index (κ1) is 22.9. The molecule has 4 N–H and O–H groups in total. The fourth-order valence-electron chi connectivity index (χ4n) is 3.08. The molecule has 0 aliphatic carbocycles. The van der Waals surface area contributed by atoms with Gasteiger partial charge in [0.1, 0.15) is 11.5 Å². The summed E-state index contributed by atoms with van der Waals surface area (Å²) in [6.45, 7) is 7.76. The lowest BCUT2D eigenvalue weighted by atomic mass is 10.2. The highest BCUT2D eigenvalue weighted by Crippen LogP contribution is 2.41.